The lowest BCUT2D eigenvalue weighted by molar-refractivity contribution is 0.0975. The third-order valence-electron chi connectivity index (χ3n) is 5.07. The van der Waals surface area contributed by atoms with Gasteiger partial charge >= 0.3 is 0 Å². The van der Waals surface area contributed by atoms with Gasteiger partial charge in [-0.05, 0) is 53.9 Å². The Morgan fingerprint density at radius 1 is 1.07 bits per heavy atom. The number of phenolic OH excluding ortho intramolecular Hbond substituents is 1. The molecule has 3 aromatic rings. The van der Waals surface area contributed by atoms with E-state index < -0.39 is 6.17 Å². The molecular formula is C23H22N2O3. The van der Waals surface area contributed by atoms with E-state index in [0.29, 0.717) is 11.3 Å². The van der Waals surface area contributed by atoms with E-state index in [-0.39, 0.29) is 11.7 Å². The van der Waals surface area contributed by atoms with Gasteiger partial charge in [0.15, 0.2) is 11.5 Å². The minimum atomic E-state index is -0.427. The van der Waals surface area contributed by atoms with E-state index >= 15 is 0 Å². The van der Waals surface area contributed by atoms with Crippen molar-refractivity contribution < 1.29 is 14.6 Å². The number of methoxy groups -OCH3 is 1. The van der Waals surface area contributed by atoms with Crippen molar-refractivity contribution in [1.82, 2.24) is 0 Å². The maximum absolute atomic E-state index is 13.4. The molecule has 5 heteroatoms. The number of rotatable bonds is 4. The Morgan fingerprint density at radius 2 is 1.82 bits per heavy atom. The number of anilines is 2. The van der Waals surface area contributed by atoms with Gasteiger partial charge < -0.3 is 15.2 Å². The SMILES string of the molecule is CCc1ccc(N2C(=O)c3ccccc3N[C@H]2c2ccc(O)c(OC)c2)cc1. The Kier molecular flexibility index (Phi) is 4.65. The smallest absolute Gasteiger partial charge is 0.262 e. The molecular weight excluding hydrogens is 352 g/mol. The van der Waals surface area contributed by atoms with Crippen molar-refractivity contribution >= 4 is 17.3 Å². The summed E-state index contributed by atoms with van der Waals surface area (Å²) >= 11 is 0. The average molecular weight is 374 g/mol. The number of para-hydroxylation sites is 1. The predicted molar refractivity (Wildman–Crippen MR) is 110 cm³/mol. The predicted octanol–water partition coefficient (Wildman–Crippen LogP) is 4.73. The zero-order valence-corrected chi connectivity index (χ0v) is 15.8. The number of nitrogens with one attached hydrogen (secondary N) is 1. The summed E-state index contributed by atoms with van der Waals surface area (Å²) in [7, 11) is 1.51. The Hall–Kier alpha value is -3.47. The lowest BCUT2D eigenvalue weighted by atomic mass is 10.0. The molecule has 0 bridgehead atoms. The molecule has 0 fully saturated rings. The molecule has 5 nitrogen and oxygen atoms in total. The summed E-state index contributed by atoms with van der Waals surface area (Å²) in [6.45, 7) is 2.10. The number of ether oxygens (including phenoxy) is 1. The first kappa shape index (κ1) is 17.9. The number of benzene rings is 3. The summed E-state index contributed by atoms with van der Waals surface area (Å²) in [6, 6.07) is 20.6. The van der Waals surface area contributed by atoms with Gasteiger partial charge in [0.25, 0.3) is 5.91 Å². The van der Waals surface area contributed by atoms with Crippen molar-refractivity contribution in [1.29, 1.82) is 0 Å². The zero-order valence-electron chi connectivity index (χ0n) is 15.8. The van der Waals surface area contributed by atoms with Crippen molar-refractivity contribution in [2.24, 2.45) is 0 Å². The van der Waals surface area contributed by atoms with Crippen LogP contribution in [0.5, 0.6) is 11.5 Å². The van der Waals surface area contributed by atoms with E-state index in [2.05, 4.69) is 12.2 Å². The van der Waals surface area contributed by atoms with Gasteiger partial charge in [0.1, 0.15) is 6.17 Å². The third-order valence-corrected chi connectivity index (χ3v) is 5.07. The number of aromatic hydroxyl groups is 1. The van der Waals surface area contributed by atoms with E-state index in [0.717, 1.165) is 23.4 Å². The highest BCUT2D eigenvalue weighted by Crippen LogP contribution is 2.39. The number of hydrogen-bond acceptors (Lipinski definition) is 4. The third kappa shape index (κ3) is 3.05. The standard InChI is InChI=1S/C23H22N2O3/c1-3-15-8-11-17(12-9-15)25-22(16-10-13-20(26)21(14-16)28-2)24-19-7-5-4-6-18(19)23(25)27/h4-14,22,24,26H,3H2,1-2H3/t22-/m1/s1. The van der Waals surface area contributed by atoms with Crippen LogP contribution in [0.1, 0.15) is 34.6 Å². The number of fused-ring (bicyclic) bond motifs is 1. The maximum atomic E-state index is 13.4. The van der Waals surface area contributed by atoms with Crippen molar-refractivity contribution in [3.05, 3.63) is 83.4 Å². The van der Waals surface area contributed by atoms with Crippen molar-refractivity contribution in [2.45, 2.75) is 19.5 Å². The Bertz CT molecular complexity index is 1010. The number of carbonyl (C=O) groups is 1. The highest BCUT2D eigenvalue weighted by atomic mass is 16.5. The minimum Gasteiger partial charge on any atom is -0.504 e. The number of aryl methyl sites for hydroxylation is 1. The van der Waals surface area contributed by atoms with Gasteiger partial charge in [-0.25, -0.2) is 0 Å². The van der Waals surface area contributed by atoms with Crippen LogP contribution in [0.2, 0.25) is 0 Å². The summed E-state index contributed by atoms with van der Waals surface area (Å²) in [4.78, 5) is 15.1. The van der Waals surface area contributed by atoms with Gasteiger partial charge in [-0.3, -0.25) is 9.69 Å². The summed E-state index contributed by atoms with van der Waals surface area (Å²) in [6.07, 6.45) is 0.512. The lowest BCUT2D eigenvalue weighted by Crippen LogP contribution is -2.43. The van der Waals surface area contributed by atoms with Crippen LogP contribution in [0, 0.1) is 0 Å². The Morgan fingerprint density at radius 3 is 2.54 bits per heavy atom. The molecule has 0 saturated carbocycles. The molecule has 0 unspecified atom stereocenters. The summed E-state index contributed by atoms with van der Waals surface area (Å²) in [5.41, 5.74) is 4.25. The first-order chi connectivity index (χ1) is 13.6. The number of nitrogens with zero attached hydrogens (tertiary/aromatic N) is 1. The summed E-state index contributed by atoms with van der Waals surface area (Å²) < 4.78 is 5.26. The largest absolute Gasteiger partial charge is 0.504 e. The number of phenols is 1. The fourth-order valence-corrected chi connectivity index (χ4v) is 3.51. The molecule has 28 heavy (non-hydrogen) atoms. The molecule has 1 amide bonds. The molecule has 0 aromatic heterocycles. The van der Waals surface area contributed by atoms with Gasteiger partial charge in [0.05, 0.1) is 12.7 Å². The normalized spacial score (nSPS) is 15.7. The minimum absolute atomic E-state index is 0.0626. The van der Waals surface area contributed by atoms with E-state index in [1.165, 1.54) is 12.7 Å². The van der Waals surface area contributed by atoms with Crippen LogP contribution >= 0.6 is 0 Å². The second kappa shape index (κ2) is 7.27. The highest BCUT2D eigenvalue weighted by Gasteiger charge is 2.34. The number of amides is 1. The van der Waals surface area contributed by atoms with Crippen LogP contribution < -0.4 is 15.0 Å². The monoisotopic (exact) mass is 374 g/mol. The van der Waals surface area contributed by atoms with Gasteiger partial charge in [0, 0.05) is 11.4 Å². The van der Waals surface area contributed by atoms with Crippen molar-refractivity contribution in [2.75, 3.05) is 17.3 Å². The first-order valence-electron chi connectivity index (χ1n) is 9.27. The van der Waals surface area contributed by atoms with Gasteiger partial charge in [0.2, 0.25) is 0 Å². The Balaban J connectivity index is 1.84. The lowest BCUT2D eigenvalue weighted by Gasteiger charge is -2.38. The van der Waals surface area contributed by atoms with Gasteiger partial charge in [-0.15, -0.1) is 0 Å². The highest BCUT2D eigenvalue weighted by molar-refractivity contribution is 6.12. The molecule has 4 rings (SSSR count). The number of hydrogen-bond donors (Lipinski definition) is 2. The fraction of sp³-hybridized carbons (Fsp3) is 0.174. The molecule has 1 atom stereocenters. The van der Waals surface area contributed by atoms with Crippen molar-refractivity contribution in [3.63, 3.8) is 0 Å². The molecule has 3 aromatic carbocycles. The van der Waals surface area contributed by atoms with E-state index in [1.807, 2.05) is 48.5 Å². The van der Waals surface area contributed by atoms with Crippen LogP contribution in [0.15, 0.2) is 66.7 Å². The fourth-order valence-electron chi connectivity index (χ4n) is 3.51. The molecule has 1 aliphatic heterocycles. The summed E-state index contributed by atoms with van der Waals surface area (Å²) in [5.74, 6) is 0.357. The van der Waals surface area contributed by atoms with E-state index in [1.54, 1.807) is 23.1 Å². The van der Waals surface area contributed by atoms with Crippen LogP contribution in [0.3, 0.4) is 0 Å². The molecule has 0 spiro atoms. The molecule has 0 aliphatic carbocycles. The van der Waals surface area contributed by atoms with Crippen LogP contribution in [0.25, 0.3) is 0 Å². The number of carbonyl (C=O) groups excluding carboxylic acids is 1. The molecule has 142 valence electrons. The summed E-state index contributed by atoms with van der Waals surface area (Å²) in [5, 5.41) is 13.4. The van der Waals surface area contributed by atoms with E-state index in [9.17, 15) is 9.90 Å². The second-order valence-corrected chi connectivity index (χ2v) is 6.72. The molecule has 0 saturated heterocycles. The zero-order chi connectivity index (χ0) is 19.7. The van der Waals surface area contributed by atoms with Crippen LogP contribution in [-0.2, 0) is 6.42 Å². The molecule has 1 aliphatic rings. The Labute approximate surface area is 164 Å². The van der Waals surface area contributed by atoms with Gasteiger partial charge in [-0.1, -0.05) is 37.3 Å². The molecule has 1 heterocycles. The molecule has 0 radical (unpaired) electrons. The maximum Gasteiger partial charge on any atom is 0.262 e. The second-order valence-electron chi connectivity index (χ2n) is 6.72. The topological polar surface area (TPSA) is 61.8 Å². The van der Waals surface area contributed by atoms with Gasteiger partial charge in [-0.2, -0.15) is 0 Å². The van der Waals surface area contributed by atoms with Crippen LogP contribution in [0.4, 0.5) is 11.4 Å². The van der Waals surface area contributed by atoms with Crippen LogP contribution in [-0.4, -0.2) is 18.1 Å². The molecule has 2 N–H and O–H groups in total. The van der Waals surface area contributed by atoms with Crippen molar-refractivity contribution in [3.8, 4) is 11.5 Å². The average Bonchev–Trinajstić information content (AvgIpc) is 2.74. The van der Waals surface area contributed by atoms with E-state index in [4.69, 9.17) is 4.74 Å². The first-order valence-corrected chi connectivity index (χ1v) is 9.27. The quantitative estimate of drug-likeness (QED) is 0.693.